The van der Waals surface area contributed by atoms with E-state index < -0.39 is 0 Å². The van der Waals surface area contributed by atoms with Crippen LogP contribution in [0.1, 0.15) is 32.0 Å². The summed E-state index contributed by atoms with van der Waals surface area (Å²) in [6, 6.07) is 17.0. The Morgan fingerprint density at radius 3 is 2.09 bits per heavy atom. The van der Waals surface area contributed by atoms with Crippen molar-refractivity contribution in [3.63, 3.8) is 0 Å². The van der Waals surface area contributed by atoms with Gasteiger partial charge in [-0.2, -0.15) is 5.10 Å². The first-order valence-electron chi connectivity index (χ1n) is 7.42. The molecule has 0 amide bonds. The molecule has 0 aliphatic carbocycles. The van der Waals surface area contributed by atoms with Crippen LogP contribution in [-0.4, -0.2) is 10.2 Å². The second kappa shape index (κ2) is 5.81. The minimum Gasteiger partial charge on any atom is -0.153 e. The lowest BCUT2D eigenvalue weighted by molar-refractivity contribution is 0.590. The third-order valence-electron chi connectivity index (χ3n) is 3.91. The third-order valence-corrected chi connectivity index (χ3v) is 4.45. The van der Waals surface area contributed by atoms with Gasteiger partial charge in [-0.15, -0.1) is 5.10 Å². The summed E-state index contributed by atoms with van der Waals surface area (Å²) in [6.07, 6.45) is 0. The largest absolute Gasteiger partial charge is 0.153 e. The lowest BCUT2D eigenvalue weighted by atomic mass is 9.86. The summed E-state index contributed by atoms with van der Waals surface area (Å²) < 4.78 is 0. The standard InChI is InChI=1S/C19H19BrN2/c1-19(2,3)14-10-8-13(9-11-14)18-16-7-5-4-6-15(16)17(12-20)21-22-18/h4-11H,12H2,1-3H3. The Hall–Kier alpha value is -1.74. The minimum absolute atomic E-state index is 0.159. The Kier molecular flexibility index (Phi) is 4.00. The molecular weight excluding hydrogens is 336 g/mol. The Labute approximate surface area is 139 Å². The van der Waals surface area contributed by atoms with Gasteiger partial charge in [0.1, 0.15) is 5.69 Å². The van der Waals surface area contributed by atoms with Crippen LogP contribution in [0.5, 0.6) is 0 Å². The number of alkyl halides is 1. The predicted octanol–water partition coefficient (Wildman–Crippen LogP) is 5.49. The molecule has 1 aromatic heterocycles. The summed E-state index contributed by atoms with van der Waals surface area (Å²) in [7, 11) is 0. The van der Waals surface area contributed by atoms with Crippen molar-refractivity contribution in [2.45, 2.75) is 31.5 Å². The highest BCUT2D eigenvalue weighted by Crippen LogP contribution is 2.30. The van der Waals surface area contributed by atoms with Gasteiger partial charge in [0.25, 0.3) is 0 Å². The smallest absolute Gasteiger partial charge is 0.101 e. The maximum Gasteiger partial charge on any atom is 0.101 e. The first-order chi connectivity index (χ1) is 10.5. The molecule has 0 bridgehead atoms. The van der Waals surface area contributed by atoms with E-state index in [9.17, 15) is 0 Å². The molecule has 3 aromatic rings. The Balaban J connectivity index is 2.15. The normalized spacial score (nSPS) is 11.8. The van der Waals surface area contributed by atoms with Gasteiger partial charge in [-0.1, -0.05) is 85.2 Å². The lowest BCUT2D eigenvalue weighted by Gasteiger charge is -2.19. The number of halogens is 1. The molecule has 112 valence electrons. The van der Waals surface area contributed by atoms with Crippen molar-refractivity contribution in [2.75, 3.05) is 0 Å². The molecule has 0 saturated heterocycles. The van der Waals surface area contributed by atoms with E-state index in [0.717, 1.165) is 27.7 Å². The molecular formula is C19H19BrN2. The van der Waals surface area contributed by atoms with Gasteiger partial charge >= 0.3 is 0 Å². The molecule has 22 heavy (non-hydrogen) atoms. The predicted molar refractivity (Wildman–Crippen MR) is 96.3 cm³/mol. The molecule has 0 atom stereocenters. The van der Waals surface area contributed by atoms with Gasteiger partial charge in [0, 0.05) is 21.7 Å². The highest BCUT2D eigenvalue weighted by molar-refractivity contribution is 9.08. The molecule has 0 saturated carbocycles. The van der Waals surface area contributed by atoms with Crippen molar-refractivity contribution in [3.8, 4) is 11.3 Å². The van der Waals surface area contributed by atoms with Crippen LogP contribution in [0.3, 0.4) is 0 Å². The van der Waals surface area contributed by atoms with Crippen molar-refractivity contribution in [3.05, 3.63) is 59.8 Å². The maximum atomic E-state index is 4.46. The van der Waals surface area contributed by atoms with Crippen molar-refractivity contribution in [2.24, 2.45) is 0 Å². The topological polar surface area (TPSA) is 25.8 Å². The SMILES string of the molecule is CC(C)(C)c1ccc(-c2nnc(CBr)c3ccccc23)cc1. The fourth-order valence-corrected chi connectivity index (χ4v) is 3.01. The van der Waals surface area contributed by atoms with E-state index in [2.05, 4.69) is 89.4 Å². The van der Waals surface area contributed by atoms with Crippen LogP contribution in [-0.2, 0) is 10.7 Å². The molecule has 3 heteroatoms. The molecule has 0 fully saturated rings. The highest BCUT2D eigenvalue weighted by Gasteiger charge is 2.14. The van der Waals surface area contributed by atoms with Crippen LogP contribution in [0, 0.1) is 0 Å². The number of nitrogens with zero attached hydrogens (tertiary/aromatic N) is 2. The Bertz CT molecular complexity index is 802. The average molecular weight is 355 g/mol. The molecule has 2 nitrogen and oxygen atoms in total. The molecule has 0 spiro atoms. The molecule has 1 heterocycles. The summed E-state index contributed by atoms with van der Waals surface area (Å²) in [5, 5.41) is 11.9. The van der Waals surface area contributed by atoms with Gasteiger partial charge in [-0.25, -0.2) is 0 Å². The zero-order chi connectivity index (χ0) is 15.7. The fourth-order valence-electron chi connectivity index (χ4n) is 2.60. The zero-order valence-electron chi connectivity index (χ0n) is 13.1. The van der Waals surface area contributed by atoms with E-state index in [1.807, 2.05) is 6.07 Å². The van der Waals surface area contributed by atoms with E-state index in [4.69, 9.17) is 0 Å². The van der Waals surface area contributed by atoms with E-state index >= 15 is 0 Å². The first kappa shape index (κ1) is 15.2. The number of rotatable bonds is 2. The lowest BCUT2D eigenvalue weighted by Crippen LogP contribution is -2.10. The van der Waals surface area contributed by atoms with Crippen LogP contribution >= 0.6 is 15.9 Å². The summed E-state index contributed by atoms with van der Waals surface area (Å²) in [5.74, 6) is 0. The number of hydrogen-bond acceptors (Lipinski definition) is 2. The second-order valence-electron chi connectivity index (χ2n) is 6.50. The molecule has 2 aromatic carbocycles. The average Bonchev–Trinajstić information content (AvgIpc) is 2.53. The van der Waals surface area contributed by atoms with Crippen LogP contribution in [0.4, 0.5) is 0 Å². The minimum atomic E-state index is 0.159. The highest BCUT2D eigenvalue weighted by atomic mass is 79.9. The molecule has 0 N–H and O–H groups in total. The van der Waals surface area contributed by atoms with Crippen molar-refractivity contribution >= 4 is 26.7 Å². The van der Waals surface area contributed by atoms with Crippen molar-refractivity contribution < 1.29 is 0 Å². The summed E-state index contributed by atoms with van der Waals surface area (Å²) in [5.41, 5.74) is 4.52. The van der Waals surface area contributed by atoms with Gasteiger partial charge < -0.3 is 0 Å². The first-order valence-corrected chi connectivity index (χ1v) is 8.54. The monoisotopic (exact) mass is 354 g/mol. The van der Waals surface area contributed by atoms with Crippen LogP contribution < -0.4 is 0 Å². The van der Waals surface area contributed by atoms with Crippen LogP contribution in [0.15, 0.2) is 48.5 Å². The maximum absolute atomic E-state index is 4.46. The number of hydrogen-bond donors (Lipinski definition) is 0. The molecule has 3 rings (SSSR count). The van der Waals surface area contributed by atoms with Gasteiger partial charge in [-0.05, 0) is 11.0 Å². The number of aromatic nitrogens is 2. The van der Waals surface area contributed by atoms with E-state index in [-0.39, 0.29) is 5.41 Å². The molecule has 0 aliphatic rings. The van der Waals surface area contributed by atoms with Crippen molar-refractivity contribution in [1.29, 1.82) is 0 Å². The summed E-state index contributed by atoms with van der Waals surface area (Å²) in [6.45, 7) is 6.67. The number of benzene rings is 2. The van der Waals surface area contributed by atoms with Gasteiger partial charge in [-0.3, -0.25) is 0 Å². The van der Waals surface area contributed by atoms with Gasteiger partial charge in [0.2, 0.25) is 0 Å². The van der Waals surface area contributed by atoms with E-state index in [1.54, 1.807) is 0 Å². The quantitative estimate of drug-likeness (QED) is 0.568. The Morgan fingerprint density at radius 2 is 1.50 bits per heavy atom. The fraction of sp³-hybridized carbons (Fsp3) is 0.263. The molecule has 0 radical (unpaired) electrons. The van der Waals surface area contributed by atoms with Crippen LogP contribution in [0.2, 0.25) is 0 Å². The number of fused-ring (bicyclic) bond motifs is 1. The third kappa shape index (κ3) is 2.78. The van der Waals surface area contributed by atoms with E-state index in [0.29, 0.717) is 5.33 Å². The zero-order valence-corrected chi connectivity index (χ0v) is 14.7. The summed E-state index contributed by atoms with van der Waals surface area (Å²) in [4.78, 5) is 0. The van der Waals surface area contributed by atoms with Crippen molar-refractivity contribution in [1.82, 2.24) is 10.2 Å². The van der Waals surface area contributed by atoms with Crippen LogP contribution in [0.25, 0.3) is 22.0 Å². The van der Waals surface area contributed by atoms with Gasteiger partial charge in [0.15, 0.2) is 0 Å². The summed E-state index contributed by atoms with van der Waals surface area (Å²) >= 11 is 3.49. The van der Waals surface area contributed by atoms with E-state index in [1.165, 1.54) is 5.56 Å². The Morgan fingerprint density at radius 1 is 0.864 bits per heavy atom. The molecule has 0 aliphatic heterocycles. The second-order valence-corrected chi connectivity index (χ2v) is 7.06. The molecule has 0 unspecified atom stereocenters. The van der Waals surface area contributed by atoms with Gasteiger partial charge in [0.05, 0.1) is 5.69 Å².